The Morgan fingerprint density at radius 2 is 1.81 bits per heavy atom. The summed E-state index contributed by atoms with van der Waals surface area (Å²) in [7, 11) is 0. The third-order valence-corrected chi connectivity index (χ3v) is 4.64. The molecular formula is C21H25ClN4O. The Hall–Kier alpha value is -2.40. The van der Waals surface area contributed by atoms with E-state index in [0.717, 1.165) is 12.1 Å². The number of nitrogens with one attached hydrogen (secondary N) is 1. The van der Waals surface area contributed by atoms with Crippen molar-refractivity contribution in [2.24, 2.45) is 5.92 Å². The minimum absolute atomic E-state index is 0.0543. The van der Waals surface area contributed by atoms with Crippen LogP contribution in [0.15, 0.2) is 36.4 Å². The van der Waals surface area contributed by atoms with Crippen molar-refractivity contribution < 1.29 is 4.79 Å². The van der Waals surface area contributed by atoms with Crippen LogP contribution in [0.1, 0.15) is 45.6 Å². The van der Waals surface area contributed by atoms with E-state index in [0.29, 0.717) is 28.2 Å². The van der Waals surface area contributed by atoms with Crippen LogP contribution in [-0.2, 0) is 11.2 Å². The van der Waals surface area contributed by atoms with E-state index in [1.807, 2.05) is 26.0 Å². The molecule has 6 heteroatoms. The summed E-state index contributed by atoms with van der Waals surface area (Å²) in [5.74, 6) is 0.231. The van der Waals surface area contributed by atoms with Gasteiger partial charge in [-0.2, -0.15) is 4.80 Å². The van der Waals surface area contributed by atoms with Gasteiger partial charge < -0.3 is 5.32 Å². The summed E-state index contributed by atoms with van der Waals surface area (Å²) >= 11 is 6.32. The van der Waals surface area contributed by atoms with Gasteiger partial charge in [0.2, 0.25) is 5.91 Å². The third-order valence-electron chi connectivity index (χ3n) is 4.32. The van der Waals surface area contributed by atoms with Gasteiger partial charge in [0.1, 0.15) is 11.0 Å². The van der Waals surface area contributed by atoms with Gasteiger partial charge in [-0.25, -0.2) is 0 Å². The first-order valence-corrected chi connectivity index (χ1v) is 9.80. The van der Waals surface area contributed by atoms with Gasteiger partial charge >= 0.3 is 0 Å². The van der Waals surface area contributed by atoms with E-state index in [9.17, 15) is 4.79 Å². The maximum Gasteiger partial charge on any atom is 0.224 e. The van der Waals surface area contributed by atoms with Crippen molar-refractivity contribution >= 4 is 34.2 Å². The Bertz CT molecular complexity index is 931. The molecule has 142 valence electrons. The second-order valence-corrected chi connectivity index (χ2v) is 7.63. The maximum atomic E-state index is 12.0. The number of rotatable bonds is 7. The number of hydrogen-bond acceptors (Lipinski definition) is 3. The molecule has 1 amide bonds. The first kappa shape index (κ1) is 19.4. The highest BCUT2D eigenvalue weighted by atomic mass is 35.5. The number of carbonyl (C=O) groups excluding carboxylic acids is 1. The molecule has 0 fully saturated rings. The van der Waals surface area contributed by atoms with Crippen LogP contribution in [0.5, 0.6) is 0 Å². The van der Waals surface area contributed by atoms with E-state index < -0.39 is 0 Å². The van der Waals surface area contributed by atoms with E-state index in [1.54, 1.807) is 16.9 Å². The number of hydrogen-bond donors (Lipinski definition) is 1. The van der Waals surface area contributed by atoms with Crippen molar-refractivity contribution in [1.29, 1.82) is 0 Å². The van der Waals surface area contributed by atoms with Gasteiger partial charge in [-0.1, -0.05) is 50.9 Å². The normalized spacial score (nSPS) is 11.3. The lowest BCUT2D eigenvalue weighted by Crippen LogP contribution is -2.14. The molecule has 0 aliphatic heterocycles. The van der Waals surface area contributed by atoms with Crippen LogP contribution in [0.3, 0.4) is 0 Å². The monoisotopic (exact) mass is 384 g/mol. The molecule has 3 rings (SSSR count). The van der Waals surface area contributed by atoms with Gasteiger partial charge in [0, 0.05) is 6.42 Å². The number of unbranched alkanes of at least 4 members (excludes halogenated alkanes) is 1. The van der Waals surface area contributed by atoms with Crippen LogP contribution in [0, 0.1) is 5.92 Å². The molecule has 1 heterocycles. The number of fused-ring (bicyclic) bond motifs is 1. The van der Waals surface area contributed by atoms with Gasteiger partial charge in [-0.05, 0) is 48.6 Å². The lowest BCUT2D eigenvalue weighted by Gasteiger charge is -2.08. The number of amides is 1. The van der Waals surface area contributed by atoms with E-state index in [2.05, 4.69) is 34.6 Å². The molecule has 0 spiro atoms. The third kappa shape index (κ3) is 4.86. The predicted molar refractivity (Wildman–Crippen MR) is 111 cm³/mol. The summed E-state index contributed by atoms with van der Waals surface area (Å²) < 4.78 is 0. The number of carbonyl (C=O) groups is 1. The highest BCUT2D eigenvalue weighted by Gasteiger charge is 2.12. The number of halogens is 1. The van der Waals surface area contributed by atoms with Crippen molar-refractivity contribution in [2.75, 3.05) is 5.32 Å². The van der Waals surface area contributed by atoms with E-state index in [4.69, 9.17) is 11.6 Å². The molecule has 27 heavy (non-hydrogen) atoms. The molecule has 0 aliphatic carbocycles. The molecule has 0 bridgehead atoms. The van der Waals surface area contributed by atoms with Crippen molar-refractivity contribution in [3.8, 4) is 5.69 Å². The topological polar surface area (TPSA) is 59.8 Å². The highest BCUT2D eigenvalue weighted by molar-refractivity contribution is 6.34. The Balaban J connectivity index is 1.83. The first-order chi connectivity index (χ1) is 13.0. The van der Waals surface area contributed by atoms with Crippen LogP contribution in [-0.4, -0.2) is 20.9 Å². The quantitative estimate of drug-likeness (QED) is 0.593. The summed E-state index contributed by atoms with van der Waals surface area (Å²) in [6.45, 7) is 6.20. The second-order valence-electron chi connectivity index (χ2n) is 7.23. The average molecular weight is 385 g/mol. The lowest BCUT2D eigenvalue weighted by molar-refractivity contribution is -0.116. The Kier molecular flexibility index (Phi) is 6.11. The largest absolute Gasteiger partial charge is 0.325 e. The first-order valence-electron chi connectivity index (χ1n) is 9.42. The van der Waals surface area contributed by atoms with Crippen molar-refractivity contribution in [3.05, 3.63) is 47.0 Å². The summed E-state index contributed by atoms with van der Waals surface area (Å²) in [5, 5.41) is 12.4. The minimum Gasteiger partial charge on any atom is -0.325 e. The smallest absolute Gasteiger partial charge is 0.224 e. The minimum atomic E-state index is -0.0543. The number of nitrogens with zero attached hydrogens (tertiary/aromatic N) is 3. The summed E-state index contributed by atoms with van der Waals surface area (Å²) in [5.41, 5.74) is 4.16. The molecule has 0 saturated heterocycles. The molecule has 0 radical (unpaired) electrons. The molecule has 3 aromatic rings. The van der Waals surface area contributed by atoms with Crippen LogP contribution < -0.4 is 5.32 Å². The second kappa shape index (κ2) is 8.53. The Morgan fingerprint density at radius 1 is 1.15 bits per heavy atom. The highest BCUT2D eigenvalue weighted by Crippen LogP contribution is 2.27. The van der Waals surface area contributed by atoms with Gasteiger partial charge in [0.25, 0.3) is 0 Å². The summed E-state index contributed by atoms with van der Waals surface area (Å²) in [6, 6.07) is 11.8. The molecule has 0 saturated carbocycles. The number of anilines is 1. The van der Waals surface area contributed by atoms with Crippen LogP contribution >= 0.6 is 11.6 Å². The van der Waals surface area contributed by atoms with Crippen LogP contribution in [0.25, 0.3) is 16.7 Å². The number of benzene rings is 2. The van der Waals surface area contributed by atoms with Crippen molar-refractivity contribution in [3.63, 3.8) is 0 Å². The molecule has 0 atom stereocenters. The fraction of sp³-hybridized carbons (Fsp3) is 0.381. The zero-order valence-electron chi connectivity index (χ0n) is 16.0. The Morgan fingerprint density at radius 3 is 2.44 bits per heavy atom. The summed E-state index contributed by atoms with van der Waals surface area (Å²) in [6.07, 6.45) is 3.91. The van der Waals surface area contributed by atoms with E-state index in [1.165, 1.54) is 18.4 Å². The molecule has 5 nitrogen and oxygen atoms in total. The van der Waals surface area contributed by atoms with Gasteiger partial charge in [0.05, 0.1) is 16.4 Å². The molecular weight excluding hydrogens is 360 g/mol. The molecule has 0 unspecified atom stereocenters. The maximum absolute atomic E-state index is 12.0. The standard InChI is InChI=1S/C21H25ClN4O/c1-4-5-6-15-7-9-16(10-8-15)26-24-19-12-17(22)18(13-20(19)25-26)23-21(27)11-14(2)3/h7-10,12-14H,4-6,11H2,1-3H3,(H,23,27). The van der Waals surface area contributed by atoms with E-state index >= 15 is 0 Å². The molecule has 1 N–H and O–H groups in total. The van der Waals surface area contributed by atoms with E-state index in [-0.39, 0.29) is 11.8 Å². The van der Waals surface area contributed by atoms with Gasteiger partial charge in [0.15, 0.2) is 0 Å². The molecule has 0 aliphatic rings. The summed E-state index contributed by atoms with van der Waals surface area (Å²) in [4.78, 5) is 13.6. The zero-order chi connectivity index (χ0) is 19.4. The van der Waals surface area contributed by atoms with Gasteiger partial charge in [-0.3, -0.25) is 4.79 Å². The average Bonchev–Trinajstić information content (AvgIpc) is 3.02. The molecule has 2 aromatic carbocycles. The van der Waals surface area contributed by atoms with Crippen molar-refractivity contribution in [2.45, 2.75) is 46.5 Å². The zero-order valence-corrected chi connectivity index (χ0v) is 16.8. The van der Waals surface area contributed by atoms with Crippen molar-refractivity contribution in [1.82, 2.24) is 15.0 Å². The number of aromatic nitrogens is 3. The fourth-order valence-electron chi connectivity index (χ4n) is 2.90. The van der Waals surface area contributed by atoms with Crippen LogP contribution in [0.2, 0.25) is 5.02 Å². The Labute approximate surface area is 164 Å². The molecule has 1 aromatic heterocycles. The fourth-order valence-corrected chi connectivity index (χ4v) is 3.10. The SMILES string of the molecule is CCCCc1ccc(-n2nc3cc(Cl)c(NC(=O)CC(C)C)cc3n2)cc1. The number of aryl methyl sites for hydroxylation is 1. The van der Waals surface area contributed by atoms with Gasteiger partial charge in [-0.15, -0.1) is 10.2 Å². The lowest BCUT2D eigenvalue weighted by atomic mass is 10.1. The van der Waals surface area contributed by atoms with Crippen LogP contribution in [0.4, 0.5) is 5.69 Å². The predicted octanol–water partition coefficient (Wildman–Crippen LogP) is 5.40.